The van der Waals surface area contributed by atoms with Gasteiger partial charge in [0.2, 0.25) is 5.78 Å². The van der Waals surface area contributed by atoms with Gasteiger partial charge in [0.1, 0.15) is 6.33 Å². The molecule has 12 heteroatoms. The Labute approximate surface area is 304 Å². The summed E-state index contributed by atoms with van der Waals surface area (Å²) >= 11 is 0. The van der Waals surface area contributed by atoms with E-state index < -0.39 is 11.4 Å². The Bertz CT molecular complexity index is 1870. The predicted octanol–water partition coefficient (Wildman–Crippen LogP) is 1.83. The van der Waals surface area contributed by atoms with Gasteiger partial charge in [-0.1, -0.05) is 67.0 Å². The molecule has 11 nitrogen and oxygen atoms in total. The van der Waals surface area contributed by atoms with E-state index in [-0.39, 0.29) is 77.1 Å². The number of hydrogen-bond acceptors (Lipinski definition) is 8. The van der Waals surface area contributed by atoms with Crippen LogP contribution in [0, 0.1) is 0 Å². The Morgan fingerprint density at radius 2 is 1.78 bits per heavy atom. The fourth-order valence-corrected chi connectivity index (χ4v) is 6.16. The molecule has 0 aliphatic heterocycles. The van der Waals surface area contributed by atoms with Crippen molar-refractivity contribution < 1.29 is 67.2 Å². The number of hydrogen-bond donors (Lipinski definition) is 2. The van der Waals surface area contributed by atoms with Gasteiger partial charge in [0, 0.05) is 23.6 Å². The Morgan fingerprint density at radius 3 is 2.42 bits per heavy atom. The molecule has 0 bridgehead atoms. The van der Waals surface area contributed by atoms with Crippen LogP contribution >= 0.6 is 0 Å². The van der Waals surface area contributed by atoms with Crippen LogP contribution in [0.5, 0.6) is 0 Å². The van der Waals surface area contributed by atoms with Gasteiger partial charge in [-0.05, 0) is 62.6 Å². The summed E-state index contributed by atoms with van der Waals surface area (Å²) < 4.78 is 14.4. The van der Waals surface area contributed by atoms with Gasteiger partial charge >= 0.3 is 57.1 Å². The van der Waals surface area contributed by atoms with Gasteiger partial charge in [-0.2, -0.15) is 10.1 Å². The summed E-state index contributed by atoms with van der Waals surface area (Å²) in [5.74, 6) is 0.356. The van der Waals surface area contributed by atoms with Crippen molar-refractivity contribution in [3.8, 4) is 22.5 Å². The van der Waals surface area contributed by atoms with E-state index in [1.54, 1.807) is 13.8 Å². The summed E-state index contributed by atoms with van der Waals surface area (Å²) in [6.07, 6.45) is 6.84. The zero-order valence-electron chi connectivity index (χ0n) is 27.3. The largest absolute Gasteiger partial charge is 1.00 e. The second-order valence-corrected chi connectivity index (χ2v) is 12.2. The van der Waals surface area contributed by atoms with Crippen LogP contribution in [-0.2, 0) is 17.6 Å². The monoisotopic (exact) mass is 638 g/mol. The van der Waals surface area contributed by atoms with E-state index in [9.17, 15) is 14.7 Å². The number of aryl methyl sites for hydroxylation is 1. The minimum atomic E-state index is -0.871. The fourth-order valence-electron chi connectivity index (χ4n) is 6.16. The third-order valence-electron chi connectivity index (χ3n) is 8.26. The number of nitrogens with one attached hydrogen (secondary N) is 1. The first-order valence-corrected chi connectivity index (χ1v) is 15.3. The van der Waals surface area contributed by atoms with Gasteiger partial charge in [0.15, 0.2) is 5.82 Å². The number of H-pyrrole nitrogens is 1. The number of fused-ring (bicyclic) bond motifs is 1. The van der Waals surface area contributed by atoms with Crippen molar-refractivity contribution >= 4 is 5.78 Å². The van der Waals surface area contributed by atoms with Crippen molar-refractivity contribution in [2.45, 2.75) is 83.5 Å². The number of aliphatic hydroxyl groups is 1. The topological polar surface area (TPSA) is 141 Å². The molecule has 0 spiro atoms. The summed E-state index contributed by atoms with van der Waals surface area (Å²) in [6, 6.07) is 15.8. The van der Waals surface area contributed by atoms with Crippen LogP contribution in [0.25, 0.3) is 28.3 Å². The summed E-state index contributed by atoms with van der Waals surface area (Å²) in [6.45, 7) is 5.87. The van der Waals surface area contributed by atoms with Crippen LogP contribution in [-0.4, -0.2) is 52.7 Å². The zero-order chi connectivity index (χ0) is 30.8. The number of rotatable bonds is 10. The second kappa shape index (κ2) is 14.4. The van der Waals surface area contributed by atoms with E-state index in [0.29, 0.717) is 24.4 Å². The van der Waals surface area contributed by atoms with Crippen molar-refractivity contribution in [1.29, 1.82) is 0 Å². The van der Waals surface area contributed by atoms with Crippen molar-refractivity contribution in [1.82, 2.24) is 29.3 Å². The minimum absolute atomic E-state index is 0. The molecule has 0 unspecified atom stereocenters. The number of aromatic nitrogens is 6. The maximum Gasteiger partial charge on any atom is 1.00 e. The van der Waals surface area contributed by atoms with Crippen LogP contribution in [0.2, 0.25) is 0 Å². The van der Waals surface area contributed by atoms with E-state index in [2.05, 4.69) is 27.1 Å². The van der Waals surface area contributed by atoms with Crippen LogP contribution in [0.15, 0.2) is 69.0 Å². The van der Waals surface area contributed by atoms with E-state index in [0.717, 1.165) is 65.6 Å². The molecular formula is C33H39KN6O5. The smallest absolute Gasteiger partial charge is 1.00 e. The number of ether oxygens (including phenoxy) is 1. The van der Waals surface area contributed by atoms with E-state index >= 15 is 0 Å². The molecule has 3 aromatic heterocycles. The third kappa shape index (κ3) is 7.48. The van der Waals surface area contributed by atoms with Crippen molar-refractivity contribution in [3.05, 3.63) is 92.6 Å². The maximum atomic E-state index is 14.3. The molecule has 1 saturated carbocycles. The molecule has 0 atom stereocenters. The molecule has 0 amide bonds. The summed E-state index contributed by atoms with van der Waals surface area (Å²) in [5, 5.41) is 18.5. The molecule has 1 aliphatic carbocycles. The van der Waals surface area contributed by atoms with Crippen LogP contribution in [0.1, 0.15) is 77.2 Å². The van der Waals surface area contributed by atoms with Gasteiger partial charge in [-0.3, -0.25) is 18.9 Å². The average Bonchev–Trinajstić information content (AvgIpc) is 3.68. The van der Waals surface area contributed by atoms with E-state index in [1.807, 2.05) is 57.6 Å². The molecule has 1 fully saturated rings. The SMILES string of the molecule is CCCc1c(Cc2ccc(-c3ccccc3-c3noc(=O)[nH]3)cc2)c(=O)n(C2CCC(OCC(C)(C)O)CC2)c2ncnn12.[H-].[K+]. The molecule has 45 heavy (non-hydrogen) atoms. The van der Waals surface area contributed by atoms with Crippen molar-refractivity contribution in [2.75, 3.05) is 6.61 Å². The Balaban J connectivity index is 0.00000240. The molecule has 5 aromatic rings. The van der Waals surface area contributed by atoms with Gasteiger partial charge in [-0.25, -0.2) is 9.31 Å². The minimum Gasteiger partial charge on any atom is -1.00 e. The molecular weight excluding hydrogens is 599 g/mol. The van der Waals surface area contributed by atoms with Gasteiger partial charge < -0.3 is 11.3 Å². The average molecular weight is 639 g/mol. The van der Waals surface area contributed by atoms with E-state index in [4.69, 9.17) is 9.26 Å². The molecule has 2 N–H and O–H groups in total. The number of nitrogens with zero attached hydrogens (tertiary/aromatic N) is 5. The van der Waals surface area contributed by atoms with Crippen LogP contribution in [0.3, 0.4) is 0 Å². The van der Waals surface area contributed by atoms with Gasteiger partial charge in [0.05, 0.1) is 24.0 Å². The maximum absolute atomic E-state index is 14.3. The normalized spacial score (nSPS) is 17.0. The third-order valence-corrected chi connectivity index (χ3v) is 8.26. The molecule has 2 aromatic carbocycles. The van der Waals surface area contributed by atoms with E-state index in [1.165, 1.54) is 6.33 Å². The fraction of sp³-hybridized carbons (Fsp3) is 0.424. The predicted molar refractivity (Wildman–Crippen MR) is 167 cm³/mol. The first-order chi connectivity index (χ1) is 21.2. The molecule has 1 aliphatic rings. The Kier molecular flexibility index (Phi) is 10.7. The first kappa shape index (κ1) is 33.6. The quantitative estimate of drug-likeness (QED) is 0.221. The Hall–Kier alpha value is -2.71. The van der Waals surface area contributed by atoms with Gasteiger partial charge in [-0.15, -0.1) is 0 Å². The van der Waals surface area contributed by atoms with Crippen molar-refractivity contribution in [2.24, 2.45) is 0 Å². The number of benzene rings is 2. The molecule has 232 valence electrons. The second-order valence-electron chi connectivity index (χ2n) is 12.2. The first-order valence-electron chi connectivity index (χ1n) is 15.3. The molecule has 0 radical (unpaired) electrons. The zero-order valence-corrected chi connectivity index (χ0v) is 29.4. The Morgan fingerprint density at radius 1 is 1.07 bits per heavy atom. The molecule has 3 heterocycles. The molecule has 0 saturated heterocycles. The summed E-state index contributed by atoms with van der Waals surface area (Å²) in [4.78, 5) is 33.0. The van der Waals surface area contributed by atoms with Crippen LogP contribution in [0.4, 0.5) is 0 Å². The van der Waals surface area contributed by atoms with Gasteiger partial charge in [0.25, 0.3) is 5.56 Å². The summed E-state index contributed by atoms with van der Waals surface area (Å²) in [7, 11) is 0. The standard InChI is InChI=1S/C33H38N6O5.K.H/c1-4-7-28-27(18-21-10-12-22(13-11-21)25-8-5-6-9-26(25)29-36-32(41)44-37-29)30(40)38(31-34-20-35-39(28)31)23-14-16-24(17-15-23)43-19-33(2,3)42;;/h5-6,8-13,20,23-24,42H,4,7,14-19H2,1-3H3,(H,36,37,41);;/q;+1;-1. The van der Waals surface area contributed by atoms with Crippen LogP contribution < -0.4 is 62.7 Å². The van der Waals surface area contributed by atoms with Crippen molar-refractivity contribution in [3.63, 3.8) is 0 Å². The molecule has 6 rings (SSSR count). The summed E-state index contributed by atoms with van der Waals surface area (Å²) in [5.41, 5.74) is 4.37. The number of aromatic amines is 1.